The third-order valence-electron chi connectivity index (χ3n) is 3.30. The van der Waals surface area contributed by atoms with Gasteiger partial charge in [0.2, 0.25) is 5.88 Å². The minimum Gasteiger partial charge on any atom is -0.481 e. The standard InChI is InChI=1S/C15H14N2O3/c18-14(19)8-10-3-1-4-11(7-10)20-15-12-5-2-6-13(12)16-9-17-15/h1,3-4,7,9H,2,5-6,8H2,(H,18,19). The van der Waals surface area contributed by atoms with Crippen LogP contribution in [0.1, 0.15) is 23.2 Å². The number of hydrogen-bond donors (Lipinski definition) is 1. The van der Waals surface area contributed by atoms with Crippen molar-refractivity contribution in [1.82, 2.24) is 9.97 Å². The summed E-state index contributed by atoms with van der Waals surface area (Å²) in [6, 6.07) is 7.09. The summed E-state index contributed by atoms with van der Waals surface area (Å²) >= 11 is 0. The van der Waals surface area contributed by atoms with Crippen LogP contribution >= 0.6 is 0 Å². The average molecular weight is 270 g/mol. The van der Waals surface area contributed by atoms with E-state index in [0.29, 0.717) is 17.2 Å². The molecule has 0 amide bonds. The minimum absolute atomic E-state index is 0.0148. The van der Waals surface area contributed by atoms with Crippen LogP contribution in [0.4, 0.5) is 0 Å². The van der Waals surface area contributed by atoms with Crippen LogP contribution < -0.4 is 4.74 Å². The number of carboxylic acid groups (broad SMARTS) is 1. The second-order valence-corrected chi connectivity index (χ2v) is 4.78. The van der Waals surface area contributed by atoms with Gasteiger partial charge in [0.15, 0.2) is 0 Å². The van der Waals surface area contributed by atoms with Crippen LogP contribution in [0, 0.1) is 0 Å². The summed E-state index contributed by atoms with van der Waals surface area (Å²) in [5, 5.41) is 8.81. The smallest absolute Gasteiger partial charge is 0.307 e. The molecule has 0 bridgehead atoms. The SMILES string of the molecule is O=C(O)Cc1cccc(Oc2ncnc3c2CCC3)c1. The number of benzene rings is 1. The zero-order valence-corrected chi connectivity index (χ0v) is 10.9. The molecule has 0 spiro atoms. The molecule has 1 aliphatic rings. The number of aliphatic carboxylic acids is 1. The molecule has 2 aromatic rings. The van der Waals surface area contributed by atoms with E-state index in [4.69, 9.17) is 9.84 Å². The van der Waals surface area contributed by atoms with Crippen LogP contribution in [-0.4, -0.2) is 21.0 Å². The Morgan fingerprint density at radius 2 is 2.20 bits per heavy atom. The number of ether oxygens (including phenoxy) is 1. The highest BCUT2D eigenvalue weighted by atomic mass is 16.5. The maximum atomic E-state index is 10.7. The van der Waals surface area contributed by atoms with Crippen LogP contribution in [-0.2, 0) is 24.1 Å². The fraction of sp³-hybridized carbons (Fsp3) is 0.267. The summed E-state index contributed by atoms with van der Waals surface area (Å²) in [4.78, 5) is 19.2. The first-order valence-corrected chi connectivity index (χ1v) is 6.54. The first-order chi connectivity index (χ1) is 9.72. The number of aryl methyl sites for hydroxylation is 1. The van der Waals surface area contributed by atoms with E-state index in [0.717, 1.165) is 30.5 Å². The van der Waals surface area contributed by atoms with Crippen molar-refractivity contribution in [2.45, 2.75) is 25.7 Å². The summed E-state index contributed by atoms with van der Waals surface area (Å²) in [6.45, 7) is 0. The van der Waals surface area contributed by atoms with Gasteiger partial charge in [0.1, 0.15) is 12.1 Å². The van der Waals surface area contributed by atoms with E-state index in [1.165, 1.54) is 6.33 Å². The average Bonchev–Trinajstić information content (AvgIpc) is 2.88. The van der Waals surface area contributed by atoms with E-state index in [1.54, 1.807) is 24.3 Å². The molecular weight excluding hydrogens is 256 g/mol. The third kappa shape index (κ3) is 2.61. The Bertz CT molecular complexity index is 655. The Kier molecular flexibility index (Phi) is 3.33. The Morgan fingerprint density at radius 3 is 3.05 bits per heavy atom. The lowest BCUT2D eigenvalue weighted by atomic mass is 10.1. The van der Waals surface area contributed by atoms with Gasteiger partial charge in [0.25, 0.3) is 0 Å². The highest BCUT2D eigenvalue weighted by Gasteiger charge is 2.18. The zero-order chi connectivity index (χ0) is 13.9. The summed E-state index contributed by atoms with van der Waals surface area (Å²) in [5.74, 6) is 0.335. The molecule has 0 atom stereocenters. The first kappa shape index (κ1) is 12.6. The van der Waals surface area contributed by atoms with E-state index in [-0.39, 0.29) is 6.42 Å². The highest BCUT2D eigenvalue weighted by molar-refractivity contribution is 5.70. The monoisotopic (exact) mass is 270 g/mol. The number of hydrogen-bond acceptors (Lipinski definition) is 4. The lowest BCUT2D eigenvalue weighted by molar-refractivity contribution is -0.136. The van der Waals surface area contributed by atoms with E-state index in [1.807, 2.05) is 0 Å². The van der Waals surface area contributed by atoms with Gasteiger partial charge in [0, 0.05) is 5.56 Å². The lowest BCUT2D eigenvalue weighted by Crippen LogP contribution is -2.00. The largest absolute Gasteiger partial charge is 0.481 e. The quantitative estimate of drug-likeness (QED) is 0.923. The van der Waals surface area contributed by atoms with Gasteiger partial charge in [0.05, 0.1) is 12.1 Å². The topological polar surface area (TPSA) is 72.3 Å². The van der Waals surface area contributed by atoms with Crippen molar-refractivity contribution in [3.63, 3.8) is 0 Å². The van der Waals surface area contributed by atoms with Gasteiger partial charge < -0.3 is 9.84 Å². The van der Waals surface area contributed by atoms with Crippen molar-refractivity contribution in [3.8, 4) is 11.6 Å². The summed E-state index contributed by atoms with van der Waals surface area (Å²) in [7, 11) is 0. The molecule has 1 N–H and O–H groups in total. The molecule has 0 saturated heterocycles. The van der Waals surface area contributed by atoms with Crippen molar-refractivity contribution in [2.75, 3.05) is 0 Å². The van der Waals surface area contributed by atoms with Gasteiger partial charge in [-0.1, -0.05) is 12.1 Å². The van der Waals surface area contributed by atoms with Gasteiger partial charge in [-0.15, -0.1) is 0 Å². The summed E-state index contributed by atoms with van der Waals surface area (Å²) in [6.07, 6.45) is 4.47. The van der Waals surface area contributed by atoms with Gasteiger partial charge in [-0.05, 0) is 37.0 Å². The molecule has 0 unspecified atom stereocenters. The Hall–Kier alpha value is -2.43. The maximum absolute atomic E-state index is 10.7. The molecule has 1 aromatic carbocycles. The lowest BCUT2D eigenvalue weighted by Gasteiger charge is -2.09. The van der Waals surface area contributed by atoms with Gasteiger partial charge in [-0.2, -0.15) is 0 Å². The van der Waals surface area contributed by atoms with Crippen molar-refractivity contribution < 1.29 is 14.6 Å². The summed E-state index contributed by atoms with van der Waals surface area (Å²) < 4.78 is 5.80. The molecule has 102 valence electrons. The van der Waals surface area contributed by atoms with Crippen molar-refractivity contribution in [2.24, 2.45) is 0 Å². The van der Waals surface area contributed by atoms with E-state index < -0.39 is 5.97 Å². The second-order valence-electron chi connectivity index (χ2n) is 4.78. The Balaban J connectivity index is 1.85. The van der Waals surface area contributed by atoms with E-state index >= 15 is 0 Å². The summed E-state index contributed by atoms with van der Waals surface area (Å²) in [5.41, 5.74) is 2.83. The molecule has 1 heterocycles. The normalized spacial score (nSPS) is 13.0. The number of rotatable bonds is 4. The number of carboxylic acids is 1. The second kappa shape index (κ2) is 5.28. The van der Waals surface area contributed by atoms with E-state index in [9.17, 15) is 4.79 Å². The number of fused-ring (bicyclic) bond motifs is 1. The number of carbonyl (C=O) groups is 1. The molecule has 1 aromatic heterocycles. The van der Waals surface area contributed by atoms with Crippen molar-refractivity contribution >= 4 is 5.97 Å². The molecule has 20 heavy (non-hydrogen) atoms. The maximum Gasteiger partial charge on any atom is 0.307 e. The van der Waals surface area contributed by atoms with Crippen LogP contribution in [0.2, 0.25) is 0 Å². The fourth-order valence-corrected chi connectivity index (χ4v) is 2.42. The highest BCUT2D eigenvalue weighted by Crippen LogP contribution is 2.30. The molecule has 0 aliphatic heterocycles. The molecule has 0 radical (unpaired) electrons. The van der Waals surface area contributed by atoms with Gasteiger partial charge in [-0.3, -0.25) is 4.79 Å². The van der Waals surface area contributed by atoms with Crippen LogP contribution in [0.15, 0.2) is 30.6 Å². The Morgan fingerprint density at radius 1 is 1.30 bits per heavy atom. The molecule has 3 rings (SSSR count). The number of aromatic nitrogens is 2. The van der Waals surface area contributed by atoms with Crippen LogP contribution in [0.25, 0.3) is 0 Å². The molecule has 0 saturated carbocycles. The van der Waals surface area contributed by atoms with Crippen molar-refractivity contribution in [3.05, 3.63) is 47.4 Å². The van der Waals surface area contributed by atoms with Crippen LogP contribution in [0.5, 0.6) is 11.6 Å². The zero-order valence-electron chi connectivity index (χ0n) is 10.9. The Labute approximate surface area is 116 Å². The van der Waals surface area contributed by atoms with Crippen LogP contribution in [0.3, 0.4) is 0 Å². The van der Waals surface area contributed by atoms with Gasteiger partial charge >= 0.3 is 5.97 Å². The third-order valence-corrected chi connectivity index (χ3v) is 3.30. The molecule has 1 aliphatic carbocycles. The molecule has 0 fully saturated rings. The predicted octanol–water partition coefficient (Wildman–Crippen LogP) is 2.38. The first-order valence-electron chi connectivity index (χ1n) is 6.54. The molecule has 5 heteroatoms. The van der Waals surface area contributed by atoms with E-state index in [2.05, 4.69) is 9.97 Å². The molecular formula is C15H14N2O3. The predicted molar refractivity (Wildman–Crippen MR) is 71.9 cm³/mol. The fourth-order valence-electron chi connectivity index (χ4n) is 2.42. The molecule has 5 nitrogen and oxygen atoms in total. The minimum atomic E-state index is -0.856. The van der Waals surface area contributed by atoms with Gasteiger partial charge in [-0.25, -0.2) is 9.97 Å². The van der Waals surface area contributed by atoms with Crippen molar-refractivity contribution in [1.29, 1.82) is 0 Å². The number of nitrogens with zero attached hydrogens (tertiary/aromatic N) is 2.